The van der Waals surface area contributed by atoms with Gasteiger partial charge in [0.25, 0.3) is 0 Å². The van der Waals surface area contributed by atoms with Crippen LogP contribution in [0.1, 0.15) is 13.8 Å². The van der Waals surface area contributed by atoms with Crippen LogP contribution in [0.2, 0.25) is 4.25 Å². The first kappa shape index (κ1) is 11.4. The molecule has 1 nitrogen and oxygen atoms in total. The molecule has 0 spiro atoms. The first-order chi connectivity index (χ1) is 4.19. The number of rotatable bonds is 2. The maximum absolute atomic E-state index is 10.7. The second kappa shape index (κ2) is 3.40. The van der Waals surface area contributed by atoms with Crippen molar-refractivity contribution in [3.63, 3.8) is 0 Å². The fraction of sp³-hybridized carbons (Fsp3) is 0.750. The zero-order valence-electron chi connectivity index (χ0n) is 5.42. The Hall–Kier alpha value is 1.37. The van der Waals surface area contributed by atoms with Crippen LogP contribution < -0.4 is 0 Å². The van der Waals surface area contributed by atoms with E-state index in [1.54, 1.807) is 13.8 Å². The molecule has 0 aromatic rings. The van der Waals surface area contributed by atoms with Crippen molar-refractivity contribution in [2.75, 3.05) is 0 Å². The van der Waals surface area contributed by atoms with E-state index in [1.165, 1.54) is 0 Å². The average molecular weight is 285 g/mol. The van der Waals surface area contributed by atoms with E-state index in [2.05, 4.69) is 0 Å². The SMILES string of the molecule is C[C](C)(C(=O)Cl)[Ge]([Cl])([Cl])[Cl]. The molecule has 0 amide bonds. The van der Waals surface area contributed by atoms with Crippen LogP contribution >= 0.6 is 41.6 Å². The first-order valence-electron chi connectivity index (χ1n) is 2.46. The van der Waals surface area contributed by atoms with E-state index in [-0.39, 0.29) is 0 Å². The molecule has 10 heavy (non-hydrogen) atoms. The van der Waals surface area contributed by atoms with Crippen molar-refractivity contribution in [3.05, 3.63) is 0 Å². The quantitative estimate of drug-likeness (QED) is 0.562. The topological polar surface area (TPSA) is 17.1 Å². The van der Waals surface area contributed by atoms with Crippen molar-refractivity contribution < 1.29 is 4.79 Å². The van der Waals surface area contributed by atoms with Crippen LogP contribution in [0.15, 0.2) is 0 Å². The molecular weight excluding hydrogens is 278 g/mol. The van der Waals surface area contributed by atoms with Crippen LogP contribution in [0.3, 0.4) is 0 Å². The molecule has 60 valence electrons. The average Bonchev–Trinajstić information content (AvgIpc) is 1.62. The summed E-state index contributed by atoms with van der Waals surface area (Å²) in [4.78, 5) is 10.7. The van der Waals surface area contributed by atoms with E-state index >= 15 is 0 Å². The van der Waals surface area contributed by atoms with Crippen LogP contribution in [0, 0.1) is 0 Å². The standard InChI is InChI=1S/C4H6Cl4GeO/c1-4(2,3(5)10)9(6,7)8/h1-2H3. The molecule has 0 aliphatic heterocycles. The van der Waals surface area contributed by atoms with E-state index in [4.69, 9.17) is 41.6 Å². The summed E-state index contributed by atoms with van der Waals surface area (Å²) in [6.07, 6.45) is 0. The van der Waals surface area contributed by atoms with Gasteiger partial charge in [0.1, 0.15) is 0 Å². The number of hydrogen-bond acceptors (Lipinski definition) is 1. The Labute approximate surface area is 79.9 Å². The van der Waals surface area contributed by atoms with Gasteiger partial charge in [0.2, 0.25) is 0 Å². The molecule has 6 heteroatoms. The Balaban J connectivity index is 4.57. The summed E-state index contributed by atoms with van der Waals surface area (Å²) in [5.74, 6) is 0. The summed E-state index contributed by atoms with van der Waals surface area (Å²) in [5.41, 5.74) is 0. The molecule has 0 aromatic heterocycles. The molecule has 0 unspecified atom stereocenters. The van der Waals surface area contributed by atoms with Gasteiger partial charge in [0.05, 0.1) is 0 Å². The number of carbonyl (C=O) groups excluding carboxylic acids is 1. The normalized spacial score (nSPS) is 13.4. The van der Waals surface area contributed by atoms with E-state index in [1.807, 2.05) is 0 Å². The summed E-state index contributed by atoms with van der Waals surface area (Å²) >= 11 is 5.21. The summed E-state index contributed by atoms with van der Waals surface area (Å²) in [7, 11) is 13.4. The molecular formula is C4H6Cl4GeO. The number of hydrogen-bond donors (Lipinski definition) is 0. The number of carbonyl (C=O) groups is 1. The molecule has 0 fully saturated rings. The van der Waals surface area contributed by atoms with Crippen LogP contribution in [-0.4, -0.2) is 15.7 Å². The summed E-state index contributed by atoms with van der Waals surface area (Å²) < 4.78 is -0.952. The van der Waals surface area contributed by atoms with Gasteiger partial charge in [-0.15, -0.1) is 0 Å². The van der Waals surface area contributed by atoms with Gasteiger partial charge in [-0.1, -0.05) is 0 Å². The third-order valence-corrected chi connectivity index (χ3v) is 12.8. The molecule has 0 radical (unpaired) electrons. The van der Waals surface area contributed by atoms with Gasteiger partial charge in [0.15, 0.2) is 0 Å². The van der Waals surface area contributed by atoms with E-state index < -0.39 is 20.0 Å². The molecule has 0 atom stereocenters. The molecule has 0 heterocycles. The Morgan fingerprint density at radius 2 is 1.60 bits per heavy atom. The van der Waals surface area contributed by atoms with Crippen molar-refractivity contribution in [1.82, 2.24) is 0 Å². The Morgan fingerprint density at radius 3 is 1.60 bits per heavy atom. The van der Waals surface area contributed by atoms with Crippen LogP contribution in [0.5, 0.6) is 0 Å². The van der Waals surface area contributed by atoms with E-state index in [0.29, 0.717) is 0 Å². The third kappa shape index (κ3) is 2.45. The van der Waals surface area contributed by atoms with Gasteiger partial charge >= 0.3 is 80.2 Å². The Kier molecular flexibility index (Phi) is 3.87. The summed E-state index contributed by atoms with van der Waals surface area (Å²) in [5, 5.41) is -0.576. The third-order valence-electron chi connectivity index (χ3n) is 1.20. The van der Waals surface area contributed by atoms with Gasteiger partial charge < -0.3 is 0 Å². The maximum atomic E-state index is 10.7. The first-order valence-corrected chi connectivity index (χ1v) is 12.2. The predicted octanol–water partition coefficient (Wildman–Crippen LogP) is 3.19. The second-order valence-corrected chi connectivity index (χ2v) is 19.3. The van der Waals surface area contributed by atoms with Crippen molar-refractivity contribution in [1.29, 1.82) is 0 Å². The van der Waals surface area contributed by atoms with Crippen molar-refractivity contribution in [3.8, 4) is 0 Å². The minimum absolute atomic E-state index is 0.576. The molecule has 0 rings (SSSR count). The van der Waals surface area contributed by atoms with E-state index in [9.17, 15) is 4.79 Å². The molecule has 0 aliphatic rings. The van der Waals surface area contributed by atoms with Crippen LogP contribution in [-0.2, 0) is 4.79 Å². The molecule has 0 aromatic carbocycles. The van der Waals surface area contributed by atoms with Crippen LogP contribution in [0.4, 0.5) is 0 Å². The van der Waals surface area contributed by atoms with Crippen molar-refractivity contribution in [2.24, 2.45) is 0 Å². The zero-order valence-corrected chi connectivity index (χ0v) is 10.5. The van der Waals surface area contributed by atoms with Gasteiger partial charge in [-0.05, 0) is 0 Å². The summed E-state index contributed by atoms with van der Waals surface area (Å²) in [6.45, 7) is 3.10. The fourth-order valence-corrected chi connectivity index (χ4v) is 3.41. The predicted molar refractivity (Wildman–Crippen MR) is 48.2 cm³/mol. The molecule has 0 bridgehead atoms. The van der Waals surface area contributed by atoms with Crippen LogP contribution in [0.25, 0.3) is 0 Å². The zero-order chi connectivity index (χ0) is 8.58. The van der Waals surface area contributed by atoms with Gasteiger partial charge in [-0.2, -0.15) is 0 Å². The summed E-state index contributed by atoms with van der Waals surface area (Å²) in [6, 6.07) is 0. The fourth-order valence-electron chi connectivity index (χ4n) is 0.111. The number of halogens is 4. The van der Waals surface area contributed by atoms with Gasteiger partial charge in [0, 0.05) is 0 Å². The second-order valence-electron chi connectivity index (χ2n) is 2.40. The molecule has 0 saturated heterocycles. The molecule has 0 N–H and O–H groups in total. The molecule has 0 aliphatic carbocycles. The monoisotopic (exact) mass is 284 g/mol. The van der Waals surface area contributed by atoms with Crippen molar-refractivity contribution in [2.45, 2.75) is 18.1 Å². The Morgan fingerprint density at radius 1 is 1.30 bits per heavy atom. The van der Waals surface area contributed by atoms with E-state index in [0.717, 1.165) is 0 Å². The van der Waals surface area contributed by atoms with Gasteiger partial charge in [-0.25, -0.2) is 0 Å². The minimum atomic E-state index is -3.49. The Bertz CT molecular complexity index is 150. The molecule has 0 saturated carbocycles. The van der Waals surface area contributed by atoms with Gasteiger partial charge in [-0.3, -0.25) is 0 Å². The van der Waals surface area contributed by atoms with Crippen molar-refractivity contribution >= 4 is 57.4 Å².